The van der Waals surface area contributed by atoms with Crippen LogP contribution in [0, 0.1) is 0 Å². The number of benzene rings is 1. The molecule has 0 heterocycles. The van der Waals surface area contributed by atoms with Crippen LogP contribution in [0.2, 0.25) is 0 Å². The average molecular weight is 324 g/mol. The molecule has 0 spiro atoms. The molecule has 23 heavy (non-hydrogen) atoms. The monoisotopic (exact) mass is 324 g/mol. The van der Waals surface area contributed by atoms with E-state index in [0.29, 0.717) is 26.2 Å². The molecule has 1 unspecified atom stereocenters. The van der Waals surface area contributed by atoms with Crippen molar-refractivity contribution in [2.24, 2.45) is 0 Å². The summed E-state index contributed by atoms with van der Waals surface area (Å²) in [6, 6.07) is 6.78. The molecule has 1 rings (SSSR count). The molecule has 1 atom stereocenters. The van der Waals surface area contributed by atoms with Crippen molar-refractivity contribution in [3.8, 4) is 5.75 Å². The van der Waals surface area contributed by atoms with Gasteiger partial charge in [-0.05, 0) is 31.0 Å². The van der Waals surface area contributed by atoms with E-state index in [2.05, 4.69) is 10.6 Å². The van der Waals surface area contributed by atoms with E-state index in [1.165, 1.54) is 0 Å². The largest absolute Gasteiger partial charge is 0.494 e. The normalized spacial score (nSPS) is 11.6. The maximum atomic E-state index is 11.9. The Morgan fingerprint density at radius 2 is 1.96 bits per heavy atom. The topological polar surface area (TPSA) is 96.9 Å². The van der Waals surface area contributed by atoms with Gasteiger partial charge in [0.05, 0.1) is 19.3 Å². The first-order chi connectivity index (χ1) is 11.1. The van der Waals surface area contributed by atoms with Gasteiger partial charge in [0.1, 0.15) is 5.75 Å². The first-order valence-corrected chi connectivity index (χ1v) is 7.54. The van der Waals surface area contributed by atoms with Gasteiger partial charge in [0, 0.05) is 20.1 Å². The van der Waals surface area contributed by atoms with Gasteiger partial charge in [-0.1, -0.05) is 12.1 Å². The van der Waals surface area contributed by atoms with Crippen LogP contribution in [-0.2, 0) is 9.53 Å². The van der Waals surface area contributed by atoms with Crippen LogP contribution in [0.25, 0.3) is 0 Å². The SMILES string of the molecule is CCOc1ccc(C(COC)NC(=O)NCCCC(=O)O)cc1. The van der Waals surface area contributed by atoms with Crippen LogP contribution in [0.15, 0.2) is 24.3 Å². The lowest BCUT2D eigenvalue weighted by Gasteiger charge is -2.19. The van der Waals surface area contributed by atoms with Crippen LogP contribution < -0.4 is 15.4 Å². The Morgan fingerprint density at radius 1 is 1.26 bits per heavy atom. The maximum Gasteiger partial charge on any atom is 0.315 e. The number of ether oxygens (including phenoxy) is 2. The number of carboxylic acids is 1. The highest BCUT2D eigenvalue weighted by Gasteiger charge is 2.14. The molecule has 3 N–H and O–H groups in total. The molecular formula is C16H24N2O5. The molecule has 0 bridgehead atoms. The molecule has 2 amide bonds. The first-order valence-electron chi connectivity index (χ1n) is 7.54. The second-order valence-corrected chi connectivity index (χ2v) is 4.91. The van der Waals surface area contributed by atoms with Gasteiger partial charge >= 0.3 is 12.0 Å². The van der Waals surface area contributed by atoms with E-state index >= 15 is 0 Å². The summed E-state index contributed by atoms with van der Waals surface area (Å²) in [7, 11) is 1.56. The van der Waals surface area contributed by atoms with Crippen LogP contribution in [0.3, 0.4) is 0 Å². The second-order valence-electron chi connectivity index (χ2n) is 4.91. The number of aliphatic carboxylic acids is 1. The fraction of sp³-hybridized carbons (Fsp3) is 0.500. The summed E-state index contributed by atoms with van der Waals surface area (Å²) in [4.78, 5) is 22.3. The van der Waals surface area contributed by atoms with Crippen molar-refractivity contribution in [1.82, 2.24) is 10.6 Å². The Labute approximate surface area is 136 Å². The van der Waals surface area contributed by atoms with Gasteiger partial charge in [-0.3, -0.25) is 4.79 Å². The number of rotatable bonds is 10. The smallest absolute Gasteiger partial charge is 0.315 e. The third-order valence-corrected chi connectivity index (χ3v) is 3.09. The Balaban J connectivity index is 2.53. The molecule has 0 aliphatic rings. The molecule has 7 heteroatoms. The predicted molar refractivity (Wildman–Crippen MR) is 85.6 cm³/mol. The molecule has 1 aromatic rings. The molecule has 0 radical (unpaired) electrons. The van der Waals surface area contributed by atoms with Crippen molar-refractivity contribution < 1.29 is 24.2 Å². The molecule has 128 valence electrons. The number of methoxy groups -OCH3 is 1. The zero-order valence-electron chi connectivity index (χ0n) is 13.5. The number of nitrogens with one attached hydrogen (secondary N) is 2. The predicted octanol–water partition coefficient (Wildman–Crippen LogP) is 1.94. The van der Waals surface area contributed by atoms with E-state index in [1.807, 2.05) is 31.2 Å². The number of carboxylic acid groups (broad SMARTS) is 1. The minimum Gasteiger partial charge on any atom is -0.494 e. The molecule has 0 fully saturated rings. The summed E-state index contributed by atoms with van der Waals surface area (Å²) < 4.78 is 10.5. The van der Waals surface area contributed by atoms with Gasteiger partial charge < -0.3 is 25.2 Å². The molecule has 0 aliphatic heterocycles. The molecular weight excluding hydrogens is 300 g/mol. The summed E-state index contributed by atoms with van der Waals surface area (Å²) in [5.74, 6) is -0.107. The van der Waals surface area contributed by atoms with E-state index in [4.69, 9.17) is 14.6 Å². The third kappa shape index (κ3) is 7.51. The standard InChI is InChI=1S/C16H24N2O5/c1-3-23-13-8-6-12(7-9-13)14(11-22-2)18-16(21)17-10-4-5-15(19)20/h6-9,14H,3-5,10-11H2,1-2H3,(H,19,20)(H2,17,18,21). The van der Waals surface area contributed by atoms with Crippen LogP contribution in [0.5, 0.6) is 5.75 Å². The first kappa shape index (κ1) is 18.8. The number of hydrogen-bond donors (Lipinski definition) is 3. The fourth-order valence-electron chi connectivity index (χ4n) is 2.00. The maximum absolute atomic E-state index is 11.9. The summed E-state index contributed by atoms with van der Waals surface area (Å²) in [5, 5.41) is 14.0. The number of urea groups is 1. The van der Waals surface area contributed by atoms with Gasteiger partial charge in [-0.25, -0.2) is 4.79 Å². The second kappa shape index (κ2) is 10.4. The summed E-state index contributed by atoms with van der Waals surface area (Å²) in [5.41, 5.74) is 0.899. The summed E-state index contributed by atoms with van der Waals surface area (Å²) in [6.07, 6.45) is 0.418. The van der Waals surface area contributed by atoms with Crippen LogP contribution in [-0.4, -0.2) is 44.0 Å². The van der Waals surface area contributed by atoms with Crippen molar-refractivity contribution in [3.63, 3.8) is 0 Å². The lowest BCUT2D eigenvalue weighted by Crippen LogP contribution is -2.40. The van der Waals surface area contributed by atoms with Crippen molar-refractivity contribution in [2.75, 3.05) is 26.9 Å². The van der Waals surface area contributed by atoms with E-state index in [-0.39, 0.29) is 18.5 Å². The Morgan fingerprint density at radius 3 is 2.52 bits per heavy atom. The molecule has 0 aliphatic carbocycles. The number of hydrogen-bond acceptors (Lipinski definition) is 4. The van der Waals surface area contributed by atoms with Gasteiger partial charge in [-0.15, -0.1) is 0 Å². The lowest BCUT2D eigenvalue weighted by molar-refractivity contribution is -0.137. The highest BCUT2D eigenvalue weighted by Crippen LogP contribution is 2.18. The quantitative estimate of drug-likeness (QED) is 0.572. The van der Waals surface area contributed by atoms with Gasteiger partial charge in [0.2, 0.25) is 0 Å². The van der Waals surface area contributed by atoms with E-state index in [9.17, 15) is 9.59 Å². The zero-order valence-corrected chi connectivity index (χ0v) is 13.5. The molecule has 0 aromatic heterocycles. The number of carbonyl (C=O) groups excluding carboxylic acids is 1. The highest BCUT2D eigenvalue weighted by molar-refractivity contribution is 5.74. The number of carbonyl (C=O) groups is 2. The summed E-state index contributed by atoms with van der Waals surface area (Å²) in [6.45, 7) is 3.15. The van der Waals surface area contributed by atoms with Crippen LogP contribution in [0.4, 0.5) is 4.79 Å². The molecule has 1 aromatic carbocycles. The van der Waals surface area contributed by atoms with Crippen LogP contribution in [0.1, 0.15) is 31.4 Å². The lowest BCUT2D eigenvalue weighted by atomic mass is 10.1. The fourth-order valence-corrected chi connectivity index (χ4v) is 2.00. The van der Waals surface area contributed by atoms with Gasteiger partial charge in [-0.2, -0.15) is 0 Å². The van der Waals surface area contributed by atoms with Crippen molar-refractivity contribution in [1.29, 1.82) is 0 Å². The summed E-state index contributed by atoms with van der Waals surface area (Å²) >= 11 is 0. The number of amides is 2. The van der Waals surface area contributed by atoms with Crippen molar-refractivity contribution >= 4 is 12.0 Å². The van der Waals surface area contributed by atoms with Crippen LogP contribution >= 0.6 is 0 Å². The Bertz CT molecular complexity index is 490. The van der Waals surface area contributed by atoms with E-state index < -0.39 is 5.97 Å². The van der Waals surface area contributed by atoms with E-state index in [1.54, 1.807) is 7.11 Å². The van der Waals surface area contributed by atoms with Crippen molar-refractivity contribution in [2.45, 2.75) is 25.8 Å². The van der Waals surface area contributed by atoms with E-state index in [0.717, 1.165) is 11.3 Å². The average Bonchev–Trinajstić information content (AvgIpc) is 2.52. The van der Waals surface area contributed by atoms with Gasteiger partial charge in [0.25, 0.3) is 0 Å². The Kier molecular flexibility index (Phi) is 8.52. The van der Waals surface area contributed by atoms with Crippen molar-refractivity contribution in [3.05, 3.63) is 29.8 Å². The molecule has 0 saturated heterocycles. The van der Waals surface area contributed by atoms with Gasteiger partial charge in [0.15, 0.2) is 0 Å². The zero-order chi connectivity index (χ0) is 17.1. The third-order valence-electron chi connectivity index (χ3n) is 3.09. The minimum absolute atomic E-state index is 0.0284. The molecule has 0 saturated carbocycles. The molecule has 7 nitrogen and oxygen atoms in total. The Hall–Kier alpha value is -2.28. The minimum atomic E-state index is -0.876. The highest BCUT2D eigenvalue weighted by atomic mass is 16.5.